The quantitative estimate of drug-likeness (QED) is 0.827. The van der Waals surface area contributed by atoms with Crippen molar-refractivity contribution in [3.8, 4) is 0 Å². The Labute approximate surface area is 148 Å². The Bertz CT molecular complexity index is 732. The third-order valence-corrected chi connectivity index (χ3v) is 5.07. The van der Waals surface area contributed by atoms with E-state index in [4.69, 9.17) is 9.72 Å². The summed E-state index contributed by atoms with van der Waals surface area (Å²) in [6, 6.07) is 8.29. The van der Waals surface area contributed by atoms with Crippen LogP contribution in [0.4, 0.5) is 0 Å². The predicted molar refractivity (Wildman–Crippen MR) is 96.4 cm³/mol. The third-order valence-electron chi connectivity index (χ3n) is 5.07. The van der Waals surface area contributed by atoms with E-state index in [1.807, 2.05) is 6.07 Å². The highest BCUT2D eigenvalue weighted by atomic mass is 16.5. The Morgan fingerprint density at radius 3 is 2.80 bits per heavy atom. The molecule has 1 N–H and O–H groups in total. The summed E-state index contributed by atoms with van der Waals surface area (Å²) in [5, 5.41) is 3.05. The number of aromatic nitrogens is 2. The minimum atomic E-state index is 0.205. The largest absolute Gasteiger partial charge is 0.379 e. The molecular formula is C19H26N4O2. The molecule has 1 aromatic heterocycles. The van der Waals surface area contributed by atoms with Crippen LogP contribution >= 0.6 is 0 Å². The van der Waals surface area contributed by atoms with Crippen LogP contribution in [-0.4, -0.2) is 59.8 Å². The molecule has 1 amide bonds. The molecule has 1 saturated heterocycles. The molecule has 0 radical (unpaired) electrons. The molecule has 4 rings (SSSR count). The number of benzene rings is 1. The molecule has 0 bridgehead atoms. The van der Waals surface area contributed by atoms with Crippen molar-refractivity contribution in [3.05, 3.63) is 30.1 Å². The molecule has 1 aliphatic carbocycles. The highest BCUT2D eigenvalue weighted by Crippen LogP contribution is 2.28. The number of rotatable bonds is 7. The van der Waals surface area contributed by atoms with Crippen molar-refractivity contribution in [1.29, 1.82) is 0 Å². The van der Waals surface area contributed by atoms with Gasteiger partial charge in [0.05, 0.1) is 24.2 Å². The van der Waals surface area contributed by atoms with Crippen LogP contribution in [0.5, 0.6) is 0 Å². The van der Waals surface area contributed by atoms with Crippen LogP contribution in [0.2, 0.25) is 0 Å². The van der Waals surface area contributed by atoms with E-state index < -0.39 is 0 Å². The van der Waals surface area contributed by atoms with E-state index in [0.717, 1.165) is 70.0 Å². The molecule has 0 spiro atoms. The lowest BCUT2D eigenvalue weighted by atomic mass is 10.3. The SMILES string of the molecule is O=C(NCCc1nc2ccccc2n1CCN1CCOCC1)C1CC1. The van der Waals surface area contributed by atoms with Gasteiger partial charge in [-0.25, -0.2) is 4.98 Å². The third kappa shape index (κ3) is 4.02. The number of para-hydroxylation sites is 2. The maximum absolute atomic E-state index is 11.8. The number of ether oxygens (including phenoxy) is 1. The molecule has 2 aliphatic rings. The summed E-state index contributed by atoms with van der Waals surface area (Å²) in [6.45, 7) is 6.24. The molecule has 1 aromatic carbocycles. The van der Waals surface area contributed by atoms with Crippen LogP contribution < -0.4 is 5.32 Å². The van der Waals surface area contributed by atoms with E-state index in [1.165, 1.54) is 5.52 Å². The first kappa shape index (κ1) is 16.5. The van der Waals surface area contributed by atoms with Gasteiger partial charge in [0, 0.05) is 45.1 Å². The average molecular weight is 342 g/mol. The summed E-state index contributed by atoms with van der Waals surface area (Å²) >= 11 is 0. The van der Waals surface area contributed by atoms with Crippen molar-refractivity contribution in [2.75, 3.05) is 39.4 Å². The molecule has 6 nitrogen and oxygen atoms in total. The number of nitrogens with zero attached hydrogens (tertiary/aromatic N) is 3. The lowest BCUT2D eigenvalue weighted by molar-refractivity contribution is -0.122. The van der Waals surface area contributed by atoms with Crippen LogP contribution in [-0.2, 0) is 22.5 Å². The van der Waals surface area contributed by atoms with Gasteiger partial charge in [-0.15, -0.1) is 0 Å². The van der Waals surface area contributed by atoms with Gasteiger partial charge >= 0.3 is 0 Å². The van der Waals surface area contributed by atoms with Crippen LogP contribution in [0.1, 0.15) is 18.7 Å². The van der Waals surface area contributed by atoms with Gasteiger partial charge in [-0.05, 0) is 25.0 Å². The second-order valence-corrected chi connectivity index (χ2v) is 6.94. The molecule has 0 unspecified atom stereocenters. The Morgan fingerprint density at radius 2 is 2.00 bits per heavy atom. The standard InChI is InChI=1S/C19H26N4O2/c24-19(15-5-6-15)20-8-7-18-21-16-3-1-2-4-17(16)23(18)10-9-22-11-13-25-14-12-22/h1-4,15H,5-14H2,(H,20,24). The fourth-order valence-electron chi connectivity index (χ4n) is 3.42. The van der Waals surface area contributed by atoms with Crippen LogP contribution in [0.3, 0.4) is 0 Å². The Kier molecular flexibility index (Phi) is 4.99. The number of carbonyl (C=O) groups is 1. The first-order valence-electron chi connectivity index (χ1n) is 9.33. The Morgan fingerprint density at radius 1 is 1.20 bits per heavy atom. The van der Waals surface area contributed by atoms with Gasteiger partial charge in [0.1, 0.15) is 5.82 Å². The monoisotopic (exact) mass is 342 g/mol. The van der Waals surface area contributed by atoms with Gasteiger partial charge in [-0.1, -0.05) is 12.1 Å². The second-order valence-electron chi connectivity index (χ2n) is 6.94. The number of hydrogen-bond acceptors (Lipinski definition) is 4. The number of nitrogens with one attached hydrogen (secondary N) is 1. The topological polar surface area (TPSA) is 59.4 Å². The molecule has 2 aromatic rings. The molecule has 1 saturated carbocycles. The van der Waals surface area contributed by atoms with Crippen molar-refractivity contribution in [2.24, 2.45) is 5.92 Å². The summed E-state index contributed by atoms with van der Waals surface area (Å²) in [6.07, 6.45) is 2.87. The average Bonchev–Trinajstić information content (AvgIpc) is 3.44. The van der Waals surface area contributed by atoms with E-state index in [9.17, 15) is 4.79 Å². The highest BCUT2D eigenvalue weighted by Gasteiger charge is 2.29. The van der Waals surface area contributed by atoms with Gasteiger partial charge in [0.2, 0.25) is 5.91 Å². The first-order chi connectivity index (χ1) is 12.3. The lowest BCUT2D eigenvalue weighted by Gasteiger charge is -2.27. The maximum atomic E-state index is 11.8. The minimum Gasteiger partial charge on any atom is -0.379 e. The molecule has 2 heterocycles. The van der Waals surface area contributed by atoms with E-state index >= 15 is 0 Å². The van der Waals surface area contributed by atoms with Crippen molar-refractivity contribution in [3.63, 3.8) is 0 Å². The fourth-order valence-corrected chi connectivity index (χ4v) is 3.42. The number of carbonyl (C=O) groups excluding carboxylic acids is 1. The number of fused-ring (bicyclic) bond motifs is 1. The summed E-state index contributed by atoms with van der Waals surface area (Å²) in [4.78, 5) is 19.1. The van der Waals surface area contributed by atoms with Crippen molar-refractivity contribution >= 4 is 16.9 Å². The zero-order valence-electron chi connectivity index (χ0n) is 14.6. The molecule has 0 atom stereocenters. The van der Waals surface area contributed by atoms with Gasteiger partial charge in [0.15, 0.2) is 0 Å². The summed E-state index contributed by atoms with van der Waals surface area (Å²) in [7, 11) is 0. The number of hydrogen-bond donors (Lipinski definition) is 1. The number of amides is 1. The molecule has 134 valence electrons. The van der Waals surface area contributed by atoms with Gasteiger partial charge in [-0.2, -0.15) is 0 Å². The zero-order chi connectivity index (χ0) is 17.1. The van der Waals surface area contributed by atoms with Gasteiger partial charge < -0.3 is 14.6 Å². The molecule has 25 heavy (non-hydrogen) atoms. The molecule has 6 heteroatoms. The fraction of sp³-hybridized carbons (Fsp3) is 0.579. The highest BCUT2D eigenvalue weighted by molar-refractivity contribution is 5.80. The van der Waals surface area contributed by atoms with Crippen LogP contribution in [0.25, 0.3) is 11.0 Å². The Hall–Kier alpha value is -1.92. The first-order valence-corrected chi connectivity index (χ1v) is 9.33. The van der Waals surface area contributed by atoms with Crippen molar-refractivity contribution in [2.45, 2.75) is 25.8 Å². The molecule has 2 fully saturated rings. The van der Waals surface area contributed by atoms with Gasteiger partial charge in [-0.3, -0.25) is 9.69 Å². The van der Waals surface area contributed by atoms with Crippen molar-refractivity contribution in [1.82, 2.24) is 19.8 Å². The molecular weight excluding hydrogens is 316 g/mol. The smallest absolute Gasteiger partial charge is 0.223 e. The van der Waals surface area contributed by atoms with E-state index in [2.05, 4.69) is 33.0 Å². The van der Waals surface area contributed by atoms with Crippen molar-refractivity contribution < 1.29 is 9.53 Å². The summed E-state index contributed by atoms with van der Waals surface area (Å²) in [5.41, 5.74) is 2.22. The Balaban J connectivity index is 1.43. The summed E-state index contributed by atoms with van der Waals surface area (Å²) < 4.78 is 7.74. The van der Waals surface area contributed by atoms with Crippen LogP contribution in [0, 0.1) is 5.92 Å². The minimum absolute atomic E-state index is 0.205. The second kappa shape index (κ2) is 7.54. The molecule has 1 aliphatic heterocycles. The number of imidazole rings is 1. The summed E-state index contributed by atoms with van der Waals surface area (Å²) in [5.74, 6) is 1.53. The van der Waals surface area contributed by atoms with E-state index in [-0.39, 0.29) is 11.8 Å². The van der Waals surface area contributed by atoms with Gasteiger partial charge in [0.25, 0.3) is 0 Å². The zero-order valence-corrected chi connectivity index (χ0v) is 14.6. The predicted octanol–water partition coefficient (Wildman–Crippen LogP) is 1.44. The number of morpholine rings is 1. The lowest BCUT2D eigenvalue weighted by Crippen LogP contribution is -2.38. The van der Waals surface area contributed by atoms with Crippen LogP contribution in [0.15, 0.2) is 24.3 Å². The van der Waals surface area contributed by atoms with E-state index in [0.29, 0.717) is 6.54 Å². The van der Waals surface area contributed by atoms with E-state index in [1.54, 1.807) is 0 Å². The normalized spacial score (nSPS) is 18.6. The maximum Gasteiger partial charge on any atom is 0.223 e.